The van der Waals surface area contributed by atoms with Crippen LogP contribution < -0.4 is 5.32 Å². The van der Waals surface area contributed by atoms with Gasteiger partial charge in [-0.3, -0.25) is 0 Å². The first-order valence-electron chi connectivity index (χ1n) is 6.17. The van der Waals surface area contributed by atoms with Crippen LogP contribution in [0, 0.1) is 0 Å². The molecular weight excluding hydrogens is 216 g/mol. The lowest BCUT2D eigenvalue weighted by Crippen LogP contribution is -2.26. The normalized spacial score (nSPS) is 13.9. The van der Waals surface area contributed by atoms with Crippen molar-refractivity contribution in [3.05, 3.63) is 11.9 Å². The lowest BCUT2D eigenvalue weighted by Gasteiger charge is -2.17. The average Bonchev–Trinajstić information content (AvgIpc) is 2.66. The van der Waals surface area contributed by atoms with E-state index in [1.165, 1.54) is 0 Å². The molecule has 0 saturated carbocycles. The maximum absolute atomic E-state index is 5.44. The van der Waals surface area contributed by atoms with Crippen LogP contribution in [0.4, 0.5) is 0 Å². The van der Waals surface area contributed by atoms with Crippen LogP contribution in [0.3, 0.4) is 0 Å². The standard InChI is InChI=1S/C12H24N4O/c1-6-17-10(2)7-13-8-11-9-16(15-14-11)12(3,4)5/h9-10,13H,6-8H2,1-5H3. The third kappa shape index (κ3) is 4.83. The van der Waals surface area contributed by atoms with Gasteiger partial charge in [0.25, 0.3) is 0 Å². The zero-order valence-corrected chi connectivity index (χ0v) is 11.5. The molecule has 0 aliphatic rings. The van der Waals surface area contributed by atoms with Gasteiger partial charge in [-0.2, -0.15) is 0 Å². The molecule has 0 radical (unpaired) electrons. The van der Waals surface area contributed by atoms with Gasteiger partial charge in [0.1, 0.15) is 0 Å². The Morgan fingerprint density at radius 1 is 1.47 bits per heavy atom. The van der Waals surface area contributed by atoms with E-state index >= 15 is 0 Å². The molecule has 1 aromatic heterocycles. The van der Waals surface area contributed by atoms with Crippen molar-refractivity contribution in [2.24, 2.45) is 0 Å². The summed E-state index contributed by atoms with van der Waals surface area (Å²) >= 11 is 0. The SMILES string of the molecule is CCOC(C)CNCc1cn(C(C)(C)C)nn1. The number of nitrogens with zero attached hydrogens (tertiary/aromatic N) is 3. The first kappa shape index (κ1) is 14.1. The van der Waals surface area contributed by atoms with Crippen LogP contribution in [0.25, 0.3) is 0 Å². The molecule has 0 fully saturated rings. The van der Waals surface area contributed by atoms with Gasteiger partial charge in [0.15, 0.2) is 0 Å². The van der Waals surface area contributed by atoms with E-state index in [0.717, 1.165) is 25.4 Å². The summed E-state index contributed by atoms with van der Waals surface area (Å²) in [6.07, 6.45) is 2.22. The number of hydrogen-bond acceptors (Lipinski definition) is 4. The Balaban J connectivity index is 2.35. The van der Waals surface area contributed by atoms with E-state index in [1.807, 2.05) is 17.8 Å². The first-order chi connectivity index (χ1) is 7.93. The molecule has 0 spiro atoms. The summed E-state index contributed by atoms with van der Waals surface area (Å²) < 4.78 is 7.32. The van der Waals surface area contributed by atoms with Crippen molar-refractivity contribution in [2.45, 2.75) is 52.8 Å². The van der Waals surface area contributed by atoms with Crippen LogP contribution in [0.2, 0.25) is 0 Å². The molecule has 1 atom stereocenters. The Morgan fingerprint density at radius 3 is 2.71 bits per heavy atom. The van der Waals surface area contributed by atoms with E-state index in [2.05, 4.69) is 43.3 Å². The Labute approximate surface area is 104 Å². The highest BCUT2D eigenvalue weighted by Gasteiger charge is 2.14. The topological polar surface area (TPSA) is 52.0 Å². The van der Waals surface area contributed by atoms with E-state index < -0.39 is 0 Å². The summed E-state index contributed by atoms with van der Waals surface area (Å²) in [6, 6.07) is 0. The van der Waals surface area contributed by atoms with Crippen LogP contribution in [-0.4, -0.2) is 34.2 Å². The van der Waals surface area contributed by atoms with Gasteiger partial charge in [0.05, 0.1) is 23.5 Å². The summed E-state index contributed by atoms with van der Waals surface area (Å²) in [7, 11) is 0. The van der Waals surface area contributed by atoms with E-state index in [9.17, 15) is 0 Å². The zero-order chi connectivity index (χ0) is 12.9. The summed E-state index contributed by atoms with van der Waals surface area (Å²) in [5.74, 6) is 0. The van der Waals surface area contributed by atoms with E-state index in [-0.39, 0.29) is 11.6 Å². The van der Waals surface area contributed by atoms with Crippen molar-refractivity contribution in [3.8, 4) is 0 Å². The highest BCUT2D eigenvalue weighted by Crippen LogP contribution is 2.11. The predicted molar refractivity (Wildman–Crippen MR) is 67.8 cm³/mol. The maximum Gasteiger partial charge on any atom is 0.0965 e. The van der Waals surface area contributed by atoms with Crippen molar-refractivity contribution in [3.63, 3.8) is 0 Å². The molecule has 1 rings (SSSR count). The van der Waals surface area contributed by atoms with Crippen molar-refractivity contribution in [2.75, 3.05) is 13.2 Å². The van der Waals surface area contributed by atoms with Crippen LogP contribution in [0.5, 0.6) is 0 Å². The van der Waals surface area contributed by atoms with E-state index in [1.54, 1.807) is 0 Å². The molecule has 1 heterocycles. The molecule has 0 aliphatic heterocycles. The minimum Gasteiger partial charge on any atom is -0.377 e. The third-order valence-corrected chi connectivity index (χ3v) is 2.42. The van der Waals surface area contributed by atoms with Crippen LogP contribution in [-0.2, 0) is 16.8 Å². The molecule has 98 valence electrons. The Hall–Kier alpha value is -0.940. The number of nitrogens with one attached hydrogen (secondary N) is 1. The number of rotatable bonds is 6. The largest absolute Gasteiger partial charge is 0.377 e. The highest BCUT2D eigenvalue weighted by molar-refractivity contribution is 4.94. The monoisotopic (exact) mass is 240 g/mol. The van der Waals surface area contributed by atoms with Crippen molar-refractivity contribution >= 4 is 0 Å². The summed E-state index contributed by atoms with van der Waals surface area (Å²) in [6.45, 7) is 12.7. The fourth-order valence-corrected chi connectivity index (χ4v) is 1.45. The third-order valence-electron chi connectivity index (χ3n) is 2.42. The van der Waals surface area contributed by atoms with Crippen LogP contribution >= 0.6 is 0 Å². The molecule has 5 heteroatoms. The Bertz CT molecular complexity index is 329. The summed E-state index contributed by atoms with van der Waals surface area (Å²) in [5, 5.41) is 11.6. The van der Waals surface area contributed by atoms with Gasteiger partial charge >= 0.3 is 0 Å². The fourth-order valence-electron chi connectivity index (χ4n) is 1.45. The molecular formula is C12H24N4O. The molecule has 0 aliphatic carbocycles. The van der Waals surface area contributed by atoms with Crippen molar-refractivity contribution < 1.29 is 4.74 Å². The van der Waals surface area contributed by atoms with Gasteiger partial charge in [-0.15, -0.1) is 5.10 Å². The molecule has 0 saturated heterocycles. The molecule has 17 heavy (non-hydrogen) atoms. The molecule has 1 N–H and O–H groups in total. The minimum absolute atomic E-state index is 0.0101. The molecule has 1 unspecified atom stereocenters. The zero-order valence-electron chi connectivity index (χ0n) is 11.5. The second-order valence-corrected chi connectivity index (χ2v) is 5.22. The second kappa shape index (κ2) is 6.12. The van der Waals surface area contributed by atoms with Gasteiger partial charge in [-0.25, -0.2) is 4.68 Å². The molecule has 0 bridgehead atoms. The molecule has 5 nitrogen and oxygen atoms in total. The molecule has 1 aromatic rings. The van der Waals surface area contributed by atoms with Crippen LogP contribution in [0.1, 0.15) is 40.3 Å². The van der Waals surface area contributed by atoms with Gasteiger partial charge in [0.2, 0.25) is 0 Å². The second-order valence-electron chi connectivity index (χ2n) is 5.22. The lowest BCUT2D eigenvalue weighted by molar-refractivity contribution is 0.0759. The number of ether oxygens (including phenoxy) is 1. The molecule has 0 amide bonds. The van der Waals surface area contributed by atoms with Crippen molar-refractivity contribution in [1.82, 2.24) is 20.3 Å². The Morgan fingerprint density at radius 2 is 2.18 bits per heavy atom. The average molecular weight is 240 g/mol. The lowest BCUT2D eigenvalue weighted by atomic mass is 10.1. The predicted octanol–water partition coefficient (Wildman–Crippen LogP) is 1.55. The van der Waals surface area contributed by atoms with Gasteiger partial charge in [-0.1, -0.05) is 5.21 Å². The first-order valence-corrected chi connectivity index (χ1v) is 6.17. The van der Waals surface area contributed by atoms with Crippen LogP contribution in [0.15, 0.2) is 6.20 Å². The summed E-state index contributed by atoms with van der Waals surface area (Å²) in [4.78, 5) is 0. The van der Waals surface area contributed by atoms with Gasteiger partial charge < -0.3 is 10.1 Å². The maximum atomic E-state index is 5.44. The quantitative estimate of drug-likeness (QED) is 0.819. The summed E-state index contributed by atoms with van der Waals surface area (Å²) in [5.41, 5.74) is 0.952. The number of hydrogen-bond donors (Lipinski definition) is 1. The van der Waals surface area contributed by atoms with Crippen molar-refractivity contribution in [1.29, 1.82) is 0 Å². The van der Waals surface area contributed by atoms with Gasteiger partial charge in [0, 0.05) is 19.7 Å². The highest BCUT2D eigenvalue weighted by atomic mass is 16.5. The van der Waals surface area contributed by atoms with E-state index in [4.69, 9.17) is 4.74 Å². The fraction of sp³-hybridized carbons (Fsp3) is 0.833. The number of aromatic nitrogens is 3. The smallest absolute Gasteiger partial charge is 0.0965 e. The van der Waals surface area contributed by atoms with E-state index in [0.29, 0.717) is 0 Å². The minimum atomic E-state index is -0.0101. The molecule has 0 aromatic carbocycles. The Kier molecular flexibility index (Phi) is 5.08. The van der Waals surface area contributed by atoms with Gasteiger partial charge in [-0.05, 0) is 34.6 Å².